The number of nitrogens with zero attached hydrogens (tertiary/aromatic N) is 6. The lowest BCUT2D eigenvalue weighted by Gasteiger charge is -2.30. The van der Waals surface area contributed by atoms with Gasteiger partial charge in [0.1, 0.15) is 12.2 Å². The van der Waals surface area contributed by atoms with E-state index < -0.39 is 0 Å². The fourth-order valence-corrected chi connectivity index (χ4v) is 3.85. The van der Waals surface area contributed by atoms with Gasteiger partial charge in [0.15, 0.2) is 0 Å². The highest BCUT2D eigenvalue weighted by atomic mass is 16.2. The molecule has 1 atom stereocenters. The number of rotatable bonds is 6. The molecule has 27 heavy (non-hydrogen) atoms. The second-order valence-electron chi connectivity index (χ2n) is 7.60. The predicted molar refractivity (Wildman–Crippen MR) is 104 cm³/mol. The molecule has 0 N–H and O–H groups in total. The highest BCUT2D eigenvalue weighted by Gasteiger charge is 2.25. The monoisotopic (exact) mass is 370 g/mol. The molecule has 0 spiro atoms. The van der Waals surface area contributed by atoms with Gasteiger partial charge < -0.3 is 9.47 Å². The summed E-state index contributed by atoms with van der Waals surface area (Å²) in [6, 6.07) is 0.682. The fourth-order valence-electron chi connectivity index (χ4n) is 3.85. The van der Waals surface area contributed by atoms with Gasteiger partial charge in [-0.1, -0.05) is 0 Å². The standard InChI is InChI=1S/C20H30N6O/c1-16(2)25-10-7-23-20(25)14-24-8-4-5-19(6-9-24)26(17(3)27)13-18-11-21-15-22-12-18/h7,10-12,15-16,19H,4-6,8-9,13-14H2,1-3H3. The molecule has 0 radical (unpaired) electrons. The zero-order chi connectivity index (χ0) is 19.2. The molecule has 7 nitrogen and oxygen atoms in total. The quantitative estimate of drug-likeness (QED) is 0.782. The first-order valence-corrected chi connectivity index (χ1v) is 9.79. The summed E-state index contributed by atoms with van der Waals surface area (Å²) in [6.07, 6.45) is 12.1. The van der Waals surface area contributed by atoms with Gasteiger partial charge in [-0.2, -0.15) is 0 Å². The van der Waals surface area contributed by atoms with Crippen molar-refractivity contribution in [3.63, 3.8) is 0 Å². The normalized spacial score (nSPS) is 18.4. The number of hydrogen-bond acceptors (Lipinski definition) is 5. The van der Waals surface area contributed by atoms with E-state index in [-0.39, 0.29) is 11.9 Å². The molecule has 0 aromatic carbocycles. The van der Waals surface area contributed by atoms with E-state index in [1.54, 1.807) is 19.3 Å². The zero-order valence-electron chi connectivity index (χ0n) is 16.6. The van der Waals surface area contributed by atoms with E-state index in [0.29, 0.717) is 12.6 Å². The number of amides is 1. The van der Waals surface area contributed by atoms with Gasteiger partial charge in [0.05, 0.1) is 6.54 Å². The van der Waals surface area contributed by atoms with E-state index in [9.17, 15) is 4.79 Å². The van der Waals surface area contributed by atoms with E-state index >= 15 is 0 Å². The second kappa shape index (κ2) is 9.08. The van der Waals surface area contributed by atoms with Gasteiger partial charge in [0.2, 0.25) is 5.91 Å². The Morgan fingerprint density at radius 3 is 2.74 bits per heavy atom. The topological polar surface area (TPSA) is 67.2 Å². The van der Waals surface area contributed by atoms with E-state index in [1.807, 2.05) is 11.1 Å². The number of aromatic nitrogens is 4. The highest BCUT2D eigenvalue weighted by Crippen LogP contribution is 2.21. The molecule has 3 rings (SSSR count). The van der Waals surface area contributed by atoms with Crippen molar-refractivity contribution in [2.24, 2.45) is 0 Å². The van der Waals surface area contributed by atoms with Crippen LogP contribution < -0.4 is 0 Å². The number of likely N-dealkylation sites (tertiary alicyclic amines) is 1. The number of carbonyl (C=O) groups is 1. The summed E-state index contributed by atoms with van der Waals surface area (Å²) in [5, 5.41) is 0. The molecule has 146 valence electrons. The van der Waals surface area contributed by atoms with E-state index in [1.165, 1.54) is 6.33 Å². The molecule has 0 aliphatic carbocycles. The third kappa shape index (κ3) is 5.13. The van der Waals surface area contributed by atoms with Crippen LogP contribution in [0.1, 0.15) is 57.5 Å². The van der Waals surface area contributed by atoms with Crippen LogP contribution in [-0.2, 0) is 17.9 Å². The zero-order valence-corrected chi connectivity index (χ0v) is 16.6. The van der Waals surface area contributed by atoms with Gasteiger partial charge in [-0.15, -0.1) is 0 Å². The molecule has 1 amide bonds. The van der Waals surface area contributed by atoms with Crippen molar-refractivity contribution in [3.8, 4) is 0 Å². The molecule has 0 saturated carbocycles. The van der Waals surface area contributed by atoms with Gasteiger partial charge in [-0.05, 0) is 39.7 Å². The smallest absolute Gasteiger partial charge is 0.219 e. The van der Waals surface area contributed by atoms with Gasteiger partial charge in [0, 0.05) is 62.4 Å². The summed E-state index contributed by atoms with van der Waals surface area (Å²) in [7, 11) is 0. The van der Waals surface area contributed by atoms with Crippen molar-refractivity contribution in [1.29, 1.82) is 0 Å². The van der Waals surface area contributed by atoms with Gasteiger partial charge in [0.25, 0.3) is 0 Å². The average Bonchev–Trinajstić information content (AvgIpc) is 2.99. The summed E-state index contributed by atoms with van der Waals surface area (Å²) in [6.45, 7) is 9.49. The minimum atomic E-state index is 0.118. The number of hydrogen-bond donors (Lipinski definition) is 0. The van der Waals surface area contributed by atoms with Crippen molar-refractivity contribution >= 4 is 5.91 Å². The molecular formula is C20H30N6O. The molecule has 0 bridgehead atoms. The van der Waals surface area contributed by atoms with Gasteiger partial charge in [-0.25, -0.2) is 15.0 Å². The summed E-state index contributed by atoms with van der Waals surface area (Å²) in [5.41, 5.74) is 0.979. The molecule has 1 saturated heterocycles. The van der Waals surface area contributed by atoms with Crippen molar-refractivity contribution < 1.29 is 4.79 Å². The second-order valence-corrected chi connectivity index (χ2v) is 7.60. The lowest BCUT2D eigenvalue weighted by molar-refractivity contribution is -0.132. The lowest BCUT2D eigenvalue weighted by Crippen LogP contribution is -2.39. The summed E-state index contributed by atoms with van der Waals surface area (Å²) < 4.78 is 2.24. The van der Waals surface area contributed by atoms with Crippen LogP contribution >= 0.6 is 0 Å². The molecule has 1 fully saturated rings. The first kappa shape index (κ1) is 19.5. The Balaban J connectivity index is 1.62. The van der Waals surface area contributed by atoms with E-state index in [0.717, 1.165) is 50.3 Å². The van der Waals surface area contributed by atoms with Crippen molar-refractivity contribution in [2.45, 2.75) is 65.2 Å². The Morgan fingerprint density at radius 1 is 1.26 bits per heavy atom. The van der Waals surface area contributed by atoms with Gasteiger partial charge in [-0.3, -0.25) is 9.69 Å². The van der Waals surface area contributed by atoms with Crippen LogP contribution in [0.3, 0.4) is 0 Å². The SMILES string of the molecule is CC(=O)N(Cc1cncnc1)C1CCCN(Cc2nccn2C(C)C)CC1. The molecule has 2 aromatic heterocycles. The Kier molecular flexibility index (Phi) is 6.55. The minimum absolute atomic E-state index is 0.118. The number of imidazole rings is 1. The molecule has 7 heteroatoms. The van der Waals surface area contributed by atoms with Crippen LogP contribution in [0.4, 0.5) is 0 Å². The molecule has 1 unspecified atom stereocenters. The molecule has 1 aliphatic heterocycles. The molecule has 2 aromatic rings. The maximum absolute atomic E-state index is 12.3. The van der Waals surface area contributed by atoms with Crippen LogP contribution in [0.2, 0.25) is 0 Å². The average molecular weight is 371 g/mol. The summed E-state index contributed by atoms with van der Waals surface area (Å²) in [5.74, 6) is 1.24. The van der Waals surface area contributed by atoms with Crippen molar-refractivity contribution in [3.05, 3.63) is 42.5 Å². The summed E-state index contributed by atoms with van der Waals surface area (Å²) >= 11 is 0. The predicted octanol–water partition coefficient (Wildman–Crippen LogP) is 2.66. The summed E-state index contributed by atoms with van der Waals surface area (Å²) in [4.78, 5) is 29.4. The lowest BCUT2D eigenvalue weighted by atomic mass is 10.1. The fraction of sp³-hybridized carbons (Fsp3) is 0.600. The van der Waals surface area contributed by atoms with Crippen LogP contribution in [0, 0.1) is 0 Å². The third-order valence-corrected chi connectivity index (χ3v) is 5.27. The highest BCUT2D eigenvalue weighted by molar-refractivity contribution is 5.73. The molecule has 1 aliphatic rings. The first-order valence-electron chi connectivity index (χ1n) is 9.79. The largest absolute Gasteiger partial charge is 0.335 e. The molecule has 3 heterocycles. The Hall–Kier alpha value is -2.28. The minimum Gasteiger partial charge on any atom is -0.335 e. The van der Waals surface area contributed by atoms with E-state index in [2.05, 4.69) is 44.5 Å². The van der Waals surface area contributed by atoms with Crippen molar-refractivity contribution in [1.82, 2.24) is 29.3 Å². The van der Waals surface area contributed by atoms with Crippen LogP contribution in [0.5, 0.6) is 0 Å². The molecular weight excluding hydrogens is 340 g/mol. The maximum atomic E-state index is 12.3. The Labute approximate surface area is 161 Å². The maximum Gasteiger partial charge on any atom is 0.219 e. The Bertz CT molecular complexity index is 729. The number of carbonyl (C=O) groups excluding carboxylic acids is 1. The Morgan fingerprint density at radius 2 is 2.04 bits per heavy atom. The van der Waals surface area contributed by atoms with Crippen LogP contribution in [-0.4, -0.2) is 54.4 Å². The third-order valence-electron chi connectivity index (χ3n) is 5.27. The van der Waals surface area contributed by atoms with Crippen LogP contribution in [0.25, 0.3) is 0 Å². The first-order chi connectivity index (χ1) is 13.0. The van der Waals surface area contributed by atoms with E-state index in [4.69, 9.17) is 0 Å². The van der Waals surface area contributed by atoms with Crippen molar-refractivity contribution in [2.75, 3.05) is 13.1 Å². The van der Waals surface area contributed by atoms with Gasteiger partial charge >= 0.3 is 0 Å². The van der Waals surface area contributed by atoms with Crippen LogP contribution in [0.15, 0.2) is 31.1 Å².